The van der Waals surface area contributed by atoms with Gasteiger partial charge >= 0.3 is 0 Å². The van der Waals surface area contributed by atoms with Gasteiger partial charge in [0, 0.05) is 23.1 Å². The van der Waals surface area contributed by atoms with Crippen LogP contribution in [0.2, 0.25) is 0 Å². The molecule has 1 aromatic heterocycles. The molecule has 0 aliphatic rings. The van der Waals surface area contributed by atoms with Crippen LogP contribution in [-0.2, 0) is 0 Å². The van der Waals surface area contributed by atoms with E-state index in [0.717, 1.165) is 0 Å². The number of nitrogens with one attached hydrogen (secondary N) is 1. The zero-order chi connectivity index (χ0) is 11.9. The molecule has 1 atom stereocenters. The number of H-pyrrole nitrogens is 1. The summed E-state index contributed by atoms with van der Waals surface area (Å²) in [6.07, 6.45) is 2.14. The molecule has 0 spiro atoms. The maximum atomic E-state index is 3.38. The lowest BCUT2D eigenvalue weighted by Crippen LogP contribution is -2.16. The van der Waals surface area contributed by atoms with E-state index in [1.807, 2.05) is 0 Å². The zero-order valence-electron chi connectivity index (χ0n) is 10.8. The fourth-order valence-electron chi connectivity index (χ4n) is 2.30. The van der Waals surface area contributed by atoms with Gasteiger partial charge in [-0.15, -0.1) is 0 Å². The molecule has 2 aromatic rings. The highest BCUT2D eigenvalue weighted by Crippen LogP contribution is 2.29. The Kier molecular flexibility index (Phi) is 2.76. The van der Waals surface area contributed by atoms with Crippen molar-refractivity contribution in [1.82, 2.24) is 9.88 Å². The van der Waals surface area contributed by atoms with E-state index in [2.05, 4.69) is 63.1 Å². The molecule has 0 amide bonds. The molecule has 1 heterocycles. The zero-order valence-corrected chi connectivity index (χ0v) is 10.8. The first kappa shape index (κ1) is 11.2. The van der Waals surface area contributed by atoms with Crippen molar-refractivity contribution < 1.29 is 0 Å². The molecule has 2 heteroatoms. The second kappa shape index (κ2) is 3.95. The van der Waals surface area contributed by atoms with Gasteiger partial charge in [0.15, 0.2) is 0 Å². The molecule has 0 radical (unpaired) electrons. The Balaban J connectivity index is 2.65. The fourth-order valence-corrected chi connectivity index (χ4v) is 2.30. The summed E-state index contributed by atoms with van der Waals surface area (Å²) in [5.41, 5.74) is 5.31. The van der Waals surface area contributed by atoms with Crippen molar-refractivity contribution in [2.45, 2.75) is 26.8 Å². The molecule has 0 aliphatic carbocycles. The quantitative estimate of drug-likeness (QED) is 0.815. The van der Waals surface area contributed by atoms with Gasteiger partial charge in [-0.3, -0.25) is 0 Å². The summed E-state index contributed by atoms with van der Waals surface area (Å²) >= 11 is 0. The van der Waals surface area contributed by atoms with Gasteiger partial charge < -0.3 is 9.88 Å². The number of nitrogens with zero attached hydrogens (tertiary/aromatic N) is 1. The van der Waals surface area contributed by atoms with Crippen molar-refractivity contribution in [2.75, 3.05) is 14.1 Å². The van der Waals surface area contributed by atoms with Gasteiger partial charge in [0.05, 0.1) is 0 Å². The Morgan fingerprint density at radius 1 is 1.19 bits per heavy atom. The summed E-state index contributed by atoms with van der Waals surface area (Å²) in [7, 11) is 4.24. The van der Waals surface area contributed by atoms with Crippen molar-refractivity contribution in [3.05, 3.63) is 35.0 Å². The van der Waals surface area contributed by atoms with Crippen molar-refractivity contribution in [1.29, 1.82) is 0 Å². The normalized spacial score (nSPS) is 13.6. The van der Waals surface area contributed by atoms with E-state index in [-0.39, 0.29) is 0 Å². The summed E-state index contributed by atoms with van der Waals surface area (Å²) in [6.45, 7) is 6.57. The molecule has 0 saturated carbocycles. The third kappa shape index (κ3) is 1.74. The smallest absolute Gasteiger partial charge is 0.0462 e. The maximum Gasteiger partial charge on any atom is 0.0462 e. The standard InChI is InChI=1S/C14H20N2/c1-9-6-10(2)14-12(11(3)16(4)5)8-15-13(14)7-9/h6-8,11,15H,1-5H3. The lowest BCUT2D eigenvalue weighted by atomic mass is 10.0. The fraction of sp³-hybridized carbons (Fsp3) is 0.429. The van der Waals surface area contributed by atoms with Gasteiger partial charge in [-0.25, -0.2) is 0 Å². The molecule has 2 nitrogen and oxygen atoms in total. The first-order chi connectivity index (χ1) is 7.50. The van der Waals surface area contributed by atoms with Gasteiger partial charge in [0.25, 0.3) is 0 Å². The number of aromatic nitrogens is 1. The summed E-state index contributed by atoms with van der Waals surface area (Å²) in [6, 6.07) is 4.91. The number of fused-ring (bicyclic) bond motifs is 1. The topological polar surface area (TPSA) is 19.0 Å². The van der Waals surface area contributed by atoms with Crippen LogP contribution in [0.4, 0.5) is 0 Å². The number of aryl methyl sites for hydroxylation is 2. The number of benzene rings is 1. The number of hydrogen-bond acceptors (Lipinski definition) is 1. The third-order valence-corrected chi connectivity index (χ3v) is 3.38. The first-order valence-electron chi connectivity index (χ1n) is 5.75. The highest BCUT2D eigenvalue weighted by molar-refractivity contribution is 5.87. The average molecular weight is 216 g/mol. The van der Waals surface area contributed by atoms with Crippen LogP contribution in [-0.4, -0.2) is 24.0 Å². The van der Waals surface area contributed by atoms with Gasteiger partial charge in [-0.1, -0.05) is 6.07 Å². The summed E-state index contributed by atoms with van der Waals surface area (Å²) in [5, 5.41) is 1.38. The molecule has 0 saturated heterocycles. The van der Waals surface area contributed by atoms with E-state index in [1.54, 1.807) is 0 Å². The number of aromatic amines is 1. The predicted molar refractivity (Wildman–Crippen MR) is 69.9 cm³/mol. The molecule has 1 aromatic carbocycles. The molecule has 1 unspecified atom stereocenters. The summed E-state index contributed by atoms with van der Waals surface area (Å²) in [5.74, 6) is 0. The monoisotopic (exact) mass is 216 g/mol. The average Bonchev–Trinajstić information content (AvgIpc) is 2.59. The van der Waals surface area contributed by atoms with Crippen LogP contribution in [0.1, 0.15) is 29.7 Å². The SMILES string of the molecule is Cc1cc(C)c2c(C(C)N(C)C)c[nH]c2c1. The van der Waals surface area contributed by atoms with E-state index >= 15 is 0 Å². The highest BCUT2D eigenvalue weighted by Gasteiger charge is 2.14. The van der Waals surface area contributed by atoms with Crippen molar-refractivity contribution >= 4 is 10.9 Å². The number of rotatable bonds is 2. The second-order valence-electron chi connectivity index (χ2n) is 4.89. The van der Waals surface area contributed by atoms with Crippen LogP contribution in [0, 0.1) is 13.8 Å². The van der Waals surface area contributed by atoms with Crippen LogP contribution >= 0.6 is 0 Å². The van der Waals surface area contributed by atoms with E-state index in [4.69, 9.17) is 0 Å². The lowest BCUT2D eigenvalue weighted by Gasteiger charge is -2.19. The van der Waals surface area contributed by atoms with E-state index in [1.165, 1.54) is 27.6 Å². The summed E-state index contributed by atoms with van der Waals surface area (Å²) in [4.78, 5) is 5.62. The van der Waals surface area contributed by atoms with Gasteiger partial charge in [0.2, 0.25) is 0 Å². The Labute approximate surface area is 97.3 Å². The minimum absolute atomic E-state index is 0.440. The van der Waals surface area contributed by atoms with Gasteiger partial charge in [-0.05, 0) is 57.6 Å². The van der Waals surface area contributed by atoms with Crippen LogP contribution < -0.4 is 0 Å². The maximum absolute atomic E-state index is 3.38. The molecule has 1 N–H and O–H groups in total. The number of hydrogen-bond donors (Lipinski definition) is 1. The van der Waals surface area contributed by atoms with Crippen LogP contribution in [0.5, 0.6) is 0 Å². The Hall–Kier alpha value is -1.28. The van der Waals surface area contributed by atoms with Crippen molar-refractivity contribution in [2.24, 2.45) is 0 Å². The highest BCUT2D eigenvalue weighted by atomic mass is 15.1. The van der Waals surface area contributed by atoms with E-state index in [9.17, 15) is 0 Å². The molecular weight excluding hydrogens is 196 g/mol. The first-order valence-corrected chi connectivity index (χ1v) is 5.75. The Morgan fingerprint density at radius 3 is 2.50 bits per heavy atom. The molecule has 86 valence electrons. The van der Waals surface area contributed by atoms with Crippen molar-refractivity contribution in [3.8, 4) is 0 Å². The predicted octanol–water partition coefficient (Wildman–Crippen LogP) is 3.41. The van der Waals surface area contributed by atoms with Crippen LogP contribution in [0.15, 0.2) is 18.3 Å². The van der Waals surface area contributed by atoms with Crippen LogP contribution in [0.25, 0.3) is 10.9 Å². The molecule has 2 rings (SSSR count). The second-order valence-corrected chi connectivity index (χ2v) is 4.89. The van der Waals surface area contributed by atoms with Gasteiger partial charge in [0.1, 0.15) is 0 Å². The third-order valence-electron chi connectivity index (χ3n) is 3.38. The van der Waals surface area contributed by atoms with Crippen LogP contribution in [0.3, 0.4) is 0 Å². The Morgan fingerprint density at radius 2 is 1.88 bits per heavy atom. The summed E-state index contributed by atoms with van der Waals surface area (Å²) < 4.78 is 0. The Bertz CT molecular complexity index is 509. The molecule has 0 aliphatic heterocycles. The molecule has 0 fully saturated rings. The molecule has 16 heavy (non-hydrogen) atoms. The van der Waals surface area contributed by atoms with E-state index < -0.39 is 0 Å². The molecule has 0 bridgehead atoms. The van der Waals surface area contributed by atoms with Crippen molar-refractivity contribution in [3.63, 3.8) is 0 Å². The lowest BCUT2D eigenvalue weighted by molar-refractivity contribution is 0.323. The minimum Gasteiger partial charge on any atom is -0.361 e. The minimum atomic E-state index is 0.440. The van der Waals surface area contributed by atoms with E-state index in [0.29, 0.717) is 6.04 Å². The largest absolute Gasteiger partial charge is 0.361 e. The molecular formula is C14H20N2. The van der Waals surface area contributed by atoms with Gasteiger partial charge in [-0.2, -0.15) is 0 Å².